The predicted molar refractivity (Wildman–Crippen MR) is 90.8 cm³/mol. The lowest BCUT2D eigenvalue weighted by atomic mass is 9.94. The lowest BCUT2D eigenvalue weighted by Gasteiger charge is -2.41. The van der Waals surface area contributed by atoms with Gasteiger partial charge in [0.25, 0.3) is 0 Å². The second kappa shape index (κ2) is 6.65. The molecule has 0 aliphatic carbocycles. The van der Waals surface area contributed by atoms with Gasteiger partial charge in [-0.1, -0.05) is 11.6 Å². The van der Waals surface area contributed by atoms with Crippen molar-refractivity contribution < 1.29 is 9.53 Å². The SMILES string of the molecule is CC1(C)CN(C(=O)C2CCN(c3ccc(Cl)cn3)CC2)CCO1. The summed E-state index contributed by atoms with van der Waals surface area (Å²) in [6.07, 6.45) is 3.42. The fraction of sp³-hybridized carbons (Fsp3) is 0.647. The number of aromatic nitrogens is 1. The number of anilines is 1. The molecule has 0 N–H and O–H groups in total. The number of piperidine rings is 1. The summed E-state index contributed by atoms with van der Waals surface area (Å²) in [6.45, 7) is 7.83. The molecule has 1 aromatic rings. The number of amides is 1. The van der Waals surface area contributed by atoms with Crippen LogP contribution in [0.1, 0.15) is 26.7 Å². The van der Waals surface area contributed by atoms with Crippen LogP contribution in [0.15, 0.2) is 18.3 Å². The summed E-state index contributed by atoms with van der Waals surface area (Å²) in [5, 5.41) is 0.647. The van der Waals surface area contributed by atoms with Gasteiger partial charge in [0.15, 0.2) is 0 Å². The van der Waals surface area contributed by atoms with E-state index in [1.165, 1.54) is 0 Å². The quantitative estimate of drug-likeness (QED) is 0.832. The van der Waals surface area contributed by atoms with E-state index >= 15 is 0 Å². The van der Waals surface area contributed by atoms with Crippen molar-refractivity contribution in [2.75, 3.05) is 37.7 Å². The molecule has 0 unspecified atom stereocenters. The Labute approximate surface area is 142 Å². The van der Waals surface area contributed by atoms with Crippen LogP contribution in [0.3, 0.4) is 0 Å². The van der Waals surface area contributed by atoms with Gasteiger partial charge in [0.2, 0.25) is 5.91 Å². The van der Waals surface area contributed by atoms with Gasteiger partial charge >= 0.3 is 0 Å². The van der Waals surface area contributed by atoms with Gasteiger partial charge in [0.05, 0.1) is 17.2 Å². The molecule has 3 rings (SSSR count). The highest BCUT2D eigenvalue weighted by molar-refractivity contribution is 6.30. The molecule has 2 aliphatic heterocycles. The van der Waals surface area contributed by atoms with Crippen LogP contribution in [0.2, 0.25) is 5.02 Å². The third kappa shape index (κ3) is 3.96. The van der Waals surface area contributed by atoms with Crippen molar-refractivity contribution in [2.24, 2.45) is 5.92 Å². The van der Waals surface area contributed by atoms with Crippen molar-refractivity contribution in [1.82, 2.24) is 9.88 Å². The fourth-order valence-electron chi connectivity index (χ4n) is 3.37. The monoisotopic (exact) mass is 337 g/mol. The molecule has 0 atom stereocenters. The zero-order valence-electron chi connectivity index (χ0n) is 13.8. The van der Waals surface area contributed by atoms with E-state index < -0.39 is 0 Å². The molecule has 6 heteroatoms. The van der Waals surface area contributed by atoms with Crippen LogP contribution in [0, 0.1) is 5.92 Å². The third-order valence-corrected chi connectivity index (χ3v) is 4.84. The van der Waals surface area contributed by atoms with Crippen molar-refractivity contribution in [3.8, 4) is 0 Å². The number of rotatable bonds is 2. The molecule has 126 valence electrons. The molecule has 0 radical (unpaired) electrons. The van der Waals surface area contributed by atoms with Gasteiger partial charge in [-0.05, 0) is 38.8 Å². The molecular formula is C17H24ClN3O2. The van der Waals surface area contributed by atoms with Crippen LogP contribution in [0.5, 0.6) is 0 Å². The largest absolute Gasteiger partial charge is 0.372 e. The van der Waals surface area contributed by atoms with E-state index in [1.54, 1.807) is 6.20 Å². The van der Waals surface area contributed by atoms with Crippen LogP contribution in [0.4, 0.5) is 5.82 Å². The van der Waals surface area contributed by atoms with E-state index in [4.69, 9.17) is 16.3 Å². The first kappa shape index (κ1) is 16.5. The minimum atomic E-state index is -0.234. The Morgan fingerprint density at radius 3 is 2.65 bits per heavy atom. The number of pyridine rings is 1. The van der Waals surface area contributed by atoms with Gasteiger partial charge in [-0.25, -0.2) is 4.98 Å². The minimum absolute atomic E-state index is 0.118. The summed E-state index contributed by atoms with van der Waals surface area (Å²) >= 11 is 5.88. The van der Waals surface area contributed by atoms with E-state index in [0.29, 0.717) is 24.7 Å². The molecule has 1 amide bonds. The van der Waals surface area contributed by atoms with Crippen molar-refractivity contribution in [3.05, 3.63) is 23.4 Å². The van der Waals surface area contributed by atoms with E-state index in [0.717, 1.165) is 31.7 Å². The predicted octanol–water partition coefficient (Wildman–Crippen LogP) is 2.59. The fourth-order valence-corrected chi connectivity index (χ4v) is 3.49. The summed E-state index contributed by atoms with van der Waals surface area (Å²) in [6, 6.07) is 3.80. The summed E-state index contributed by atoms with van der Waals surface area (Å²) in [5.74, 6) is 1.34. The molecule has 2 aliphatic rings. The second-order valence-corrected chi connectivity index (χ2v) is 7.40. The zero-order chi connectivity index (χ0) is 16.4. The highest BCUT2D eigenvalue weighted by atomic mass is 35.5. The van der Waals surface area contributed by atoms with E-state index in [2.05, 4.69) is 9.88 Å². The average Bonchev–Trinajstić information content (AvgIpc) is 2.54. The molecular weight excluding hydrogens is 314 g/mol. The summed E-state index contributed by atoms with van der Waals surface area (Å²) < 4.78 is 5.70. The molecule has 1 aromatic heterocycles. The maximum Gasteiger partial charge on any atom is 0.225 e. The molecule has 2 saturated heterocycles. The molecule has 0 aromatic carbocycles. The number of halogens is 1. The first-order valence-corrected chi connectivity index (χ1v) is 8.62. The summed E-state index contributed by atoms with van der Waals surface area (Å²) in [4.78, 5) is 21.3. The van der Waals surface area contributed by atoms with Crippen molar-refractivity contribution in [3.63, 3.8) is 0 Å². The number of morpholine rings is 1. The van der Waals surface area contributed by atoms with Crippen LogP contribution < -0.4 is 4.90 Å². The molecule has 0 bridgehead atoms. The minimum Gasteiger partial charge on any atom is -0.372 e. The van der Waals surface area contributed by atoms with Crippen LogP contribution in [-0.4, -0.2) is 54.2 Å². The van der Waals surface area contributed by atoms with Crippen LogP contribution >= 0.6 is 11.6 Å². The molecule has 2 fully saturated rings. The van der Waals surface area contributed by atoms with Crippen molar-refractivity contribution in [1.29, 1.82) is 0 Å². The number of nitrogens with zero attached hydrogens (tertiary/aromatic N) is 3. The normalized spacial score (nSPS) is 22.2. The highest BCUT2D eigenvalue weighted by Gasteiger charge is 2.34. The lowest BCUT2D eigenvalue weighted by molar-refractivity contribution is -0.150. The third-order valence-electron chi connectivity index (χ3n) is 4.62. The molecule has 0 saturated carbocycles. The first-order valence-electron chi connectivity index (χ1n) is 8.24. The highest BCUT2D eigenvalue weighted by Crippen LogP contribution is 2.26. The molecule has 5 nitrogen and oxygen atoms in total. The molecule has 0 spiro atoms. The van der Waals surface area contributed by atoms with Crippen LogP contribution in [-0.2, 0) is 9.53 Å². The first-order chi connectivity index (χ1) is 10.9. The standard InChI is InChI=1S/C17H24ClN3O2/c1-17(2)12-21(9-10-23-17)16(22)13-5-7-20(8-6-13)15-4-3-14(18)11-19-15/h3-4,11,13H,5-10,12H2,1-2H3. The van der Waals surface area contributed by atoms with Gasteiger partial charge in [-0.2, -0.15) is 0 Å². The maximum absolute atomic E-state index is 12.7. The Kier molecular flexibility index (Phi) is 4.78. The van der Waals surface area contributed by atoms with Gasteiger partial charge in [-0.15, -0.1) is 0 Å². The van der Waals surface area contributed by atoms with Gasteiger partial charge in [-0.3, -0.25) is 4.79 Å². The number of carbonyl (C=O) groups excluding carboxylic acids is 1. The summed E-state index contributed by atoms with van der Waals surface area (Å²) in [5.41, 5.74) is -0.234. The van der Waals surface area contributed by atoms with Gasteiger partial charge in [0.1, 0.15) is 5.82 Å². The van der Waals surface area contributed by atoms with Crippen molar-refractivity contribution in [2.45, 2.75) is 32.3 Å². The van der Waals surface area contributed by atoms with Crippen molar-refractivity contribution >= 4 is 23.3 Å². The number of hydrogen-bond acceptors (Lipinski definition) is 4. The smallest absolute Gasteiger partial charge is 0.225 e. The number of carbonyl (C=O) groups is 1. The number of ether oxygens (including phenoxy) is 1. The maximum atomic E-state index is 12.7. The van der Waals surface area contributed by atoms with Gasteiger partial charge in [0, 0.05) is 38.3 Å². The Morgan fingerprint density at radius 2 is 2.04 bits per heavy atom. The lowest BCUT2D eigenvalue weighted by Crippen LogP contribution is -2.53. The van der Waals surface area contributed by atoms with E-state index in [-0.39, 0.29) is 17.4 Å². The average molecular weight is 338 g/mol. The second-order valence-electron chi connectivity index (χ2n) is 6.96. The Balaban J connectivity index is 1.56. The van der Waals surface area contributed by atoms with E-state index in [1.807, 2.05) is 30.9 Å². The van der Waals surface area contributed by atoms with E-state index in [9.17, 15) is 4.79 Å². The summed E-state index contributed by atoms with van der Waals surface area (Å²) in [7, 11) is 0. The zero-order valence-corrected chi connectivity index (χ0v) is 14.6. The van der Waals surface area contributed by atoms with Crippen LogP contribution in [0.25, 0.3) is 0 Å². The Hall–Kier alpha value is -1.33. The Bertz CT molecular complexity index is 553. The Morgan fingerprint density at radius 1 is 1.30 bits per heavy atom. The topological polar surface area (TPSA) is 45.7 Å². The molecule has 3 heterocycles. The molecule has 23 heavy (non-hydrogen) atoms. The number of hydrogen-bond donors (Lipinski definition) is 0. The van der Waals surface area contributed by atoms with Gasteiger partial charge < -0.3 is 14.5 Å².